The molecule has 6 heteroatoms. The first-order valence-electron chi connectivity index (χ1n) is 5.52. The zero-order valence-electron chi connectivity index (χ0n) is 9.65. The topological polar surface area (TPSA) is 69.4 Å². The summed E-state index contributed by atoms with van der Waals surface area (Å²) >= 11 is 0. The molecule has 0 bridgehead atoms. The van der Waals surface area contributed by atoms with E-state index in [-0.39, 0.29) is 11.5 Å². The molecule has 0 unspecified atom stereocenters. The Balaban J connectivity index is 1.83. The highest BCUT2D eigenvalue weighted by atomic mass is 32.2. The van der Waals surface area contributed by atoms with Gasteiger partial charge in [-0.3, -0.25) is 4.18 Å². The van der Waals surface area contributed by atoms with Gasteiger partial charge in [-0.2, -0.15) is 8.42 Å². The Kier molecular flexibility index (Phi) is 4.11. The zero-order chi connectivity index (χ0) is 12.8. The van der Waals surface area contributed by atoms with Gasteiger partial charge in [0.05, 0.1) is 17.2 Å². The standard InChI is InChI=1S/C12H13NO4S/c14-18(15,12-6-2-1-3-7-12)17-9-4-5-11-8-10-16-13-11/h1-3,6-8,10H,4-5,9H2. The molecule has 0 aliphatic heterocycles. The molecule has 0 N–H and O–H groups in total. The monoisotopic (exact) mass is 267 g/mol. The normalized spacial score (nSPS) is 11.6. The van der Waals surface area contributed by atoms with E-state index in [1.54, 1.807) is 24.3 Å². The summed E-state index contributed by atoms with van der Waals surface area (Å²) in [5.41, 5.74) is 0.788. The Bertz CT molecular complexity index is 563. The highest BCUT2D eigenvalue weighted by molar-refractivity contribution is 7.86. The van der Waals surface area contributed by atoms with Crippen LogP contribution in [0.4, 0.5) is 0 Å². The van der Waals surface area contributed by atoms with Crippen molar-refractivity contribution >= 4 is 10.1 Å². The SMILES string of the molecule is O=S(=O)(OCCCc1ccon1)c1ccccc1. The van der Waals surface area contributed by atoms with Crippen LogP contribution in [0.3, 0.4) is 0 Å². The van der Waals surface area contributed by atoms with Gasteiger partial charge < -0.3 is 4.52 Å². The van der Waals surface area contributed by atoms with Gasteiger partial charge in [0.15, 0.2) is 0 Å². The summed E-state index contributed by atoms with van der Waals surface area (Å²) in [6.07, 6.45) is 2.68. The summed E-state index contributed by atoms with van der Waals surface area (Å²) in [5, 5.41) is 3.73. The van der Waals surface area contributed by atoms with Gasteiger partial charge in [-0.15, -0.1) is 0 Å². The Morgan fingerprint density at radius 1 is 1.17 bits per heavy atom. The fraction of sp³-hybridized carbons (Fsp3) is 0.250. The minimum atomic E-state index is -3.65. The van der Waals surface area contributed by atoms with Crippen LogP contribution in [0.25, 0.3) is 0 Å². The molecule has 1 aromatic carbocycles. The second kappa shape index (κ2) is 5.79. The van der Waals surface area contributed by atoms with Gasteiger partial charge in [0, 0.05) is 6.07 Å². The first-order chi connectivity index (χ1) is 8.68. The minimum Gasteiger partial charge on any atom is -0.365 e. The largest absolute Gasteiger partial charge is 0.365 e. The van der Waals surface area contributed by atoms with Crippen LogP contribution >= 0.6 is 0 Å². The molecule has 0 atom stereocenters. The average Bonchev–Trinajstić information content (AvgIpc) is 2.89. The van der Waals surface area contributed by atoms with E-state index in [1.165, 1.54) is 18.4 Å². The second-order valence-electron chi connectivity index (χ2n) is 3.68. The number of rotatable bonds is 6. The van der Waals surface area contributed by atoms with Crippen LogP contribution in [0.2, 0.25) is 0 Å². The molecule has 0 radical (unpaired) electrons. The zero-order valence-corrected chi connectivity index (χ0v) is 10.5. The molecule has 96 valence electrons. The highest BCUT2D eigenvalue weighted by Crippen LogP contribution is 2.11. The molecule has 0 spiro atoms. The predicted octanol–water partition coefficient (Wildman–Crippen LogP) is 2.01. The molecule has 1 aromatic heterocycles. The summed E-state index contributed by atoms with van der Waals surface area (Å²) in [7, 11) is -3.65. The Morgan fingerprint density at radius 3 is 2.61 bits per heavy atom. The summed E-state index contributed by atoms with van der Waals surface area (Å²) in [4.78, 5) is 0.173. The third-order valence-corrected chi connectivity index (χ3v) is 3.67. The minimum absolute atomic E-state index is 0.129. The number of hydrogen-bond donors (Lipinski definition) is 0. The van der Waals surface area contributed by atoms with Crippen LogP contribution in [0.1, 0.15) is 12.1 Å². The van der Waals surface area contributed by atoms with E-state index in [1.807, 2.05) is 0 Å². The highest BCUT2D eigenvalue weighted by Gasteiger charge is 2.13. The van der Waals surface area contributed by atoms with E-state index in [0.717, 1.165) is 5.69 Å². The number of hydrogen-bond acceptors (Lipinski definition) is 5. The van der Waals surface area contributed by atoms with Crippen LogP contribution in [-0.2, 0) is 20.7 Å². The summed E-state index contributed by atoms with van der Waals surface area (Å²) in [6.45, 7) is 0.129. The van der Waals surface area contributed by atoms with Gasteiger partial charge in [0.1, 0.15) is 6.26 Å². The van der Waals surface area contributed by atoms with Crippen molar-refractivity contribution < 1.29 is 17.1 Å². The van der Waals surface area contributed by atoms with Gasteiger partial charge in [0.25, 0.3) is 10.1 Å². The van der Waals surface area contributed by atoms with Crippen molar-refractivity contribution in [2.45, 2.75) is 17.7 Å². The molecule has 0 saturated carbocycles. The molecule has 1 heterocycles. The molecule has 5 nitrogen and oxygen atoms in total. The van der Waals surface area contributed by atoms with Crippen LogP contribution in [0.15, 0.2) is 52.1 Å². The van der Waals surface area contributed by atoms with Crippen LogP contribution in [0.5, 0.6) is 0 Å². The molecular weight excluding hydrogens is 254 g/mol. The van der Waals surface area contributed by atoms with E-state index in [2.05, 4.69) is 9.68 Å². The third-order valence-electron chi connectivity index (χ3n) is 2.34. The van der Waals surface area contributed by atoms with Crippen molar-refractivity contribution in [2.75, 3.05) is 6.61 Å². The quantitative estimate of drug-likeness (QED) is 0.591. The van der Waals surface area contributed by atoms with Crippen molar-refractivity contribution in [3.8, 4) is 0 Å². The maximum atomic E-state index is 11.7. The number of aryl methyl sites for hydroxylation is 1. The Labute approximate surface area is 105 Å². The smallest absolute Gasteiger partial charge is 0.296 e. The van der Waals surface area contributed by atoms with Gasteiger partial charge in [-0.1, -0.05) is 23.4 Å². The molecule has 2 aromatic rings. The summed E-state index contributed by atoms with van der Waals surface area (Å²) in [5.74, 6) is 0. The molecule has 0 saturated heterocycles. The van der Waals surface area contributed by atoms with Crippen molar-refractivity contribution in [3.63, 3.8) is 0 Å². The van der Waals surface area contributed by atoms with E-state index in [0.29, 0.717) is 12.8 Å². The predicted molar refractivity (Wildman–Crippen MR) is 64.4 cm³/mol. The molecule has 0 aliphatic carbocycles. The Hall–Kier alpha value is -1.66. The van der Waals surface area contributed by atoms with E-state index in [4.69, 9.17) is 4.18 Å². The third kappa shape index (κ3) is 3.41. The lowest BCUT2D eigenvalue weighted by atomic mass is 10.2. The van der Waals surface area contributed by atoms with Crippen molar-refractivity contribution in [2.24, 2.45) is 0 Å². The van der Waals surface area contributed by atoms with E-state index in [9.17, 15) is 8.42 Å². The lowest BCUT2D eigenvalue weighted by molar-refractivity contribution is 0.310. The number of benzene rings is 1. The van der Waals surface area contributed by atoms with E-state index >= 15 is 0 Å². The Morgan fingerprint density at radius 2 is 1.94 bits per heavy atom. The van der Waals surface area contributed by atoms with Crippen LogP contribution in [-0.4, -0.2) is 20.2 Å². The van der Waals surface area contributed by atoms with Crippen molar-refractivity contribution in [3.05, 3.63) is 48.4 Å². The second-order valence-corrected chi connectivity index (χ2v) is 5.30. The van der Waals surface area contributed by atoms with Crippen molar-refractivity contribution in [1.29, 1.82) is 0 Å². The van der Waals surface area contributed by atoms with Gasteiger partial charge in [0.2, 0.25) is 0 Å². The average molecular weight is 267 g/mol. The van der Waals surface area contributed by atoms with Crippen LogP contribution in [0, 0.1) is 0 Å². The van der Waals surface area contributed by atoms with Gasteiger partial charge >= 0.3 is 0 Å². The summed E-state index contributed by atoms with van der Waals surface area (Å²) < 4.78 is 33.1. The lowest BCUT2D eigenvalue weighted by Gasteiger charge is -2.04. The number of nitrogens with zero attached hydrogens (tertiary/aromatic N) is 1. The molecular formula is C12H13NO4S. The first-order valence-corrected chi connectivity index (χ1v) is 6.93. The summed E-state index contributed by atoms with van der Waals surface area (Å²) in [6, 6.07) is 9.83. The molecule has 0 aliphatic rings. The fourth-order valence-corrected chi connectivity index (χ4v) is 2.41. The molecule has 0 amide bonds. The molecule has 0 fully saturated rings. The molecule has 18 heavy (non-hydrogen) atoms. The van der Waals surface area contributed by atoms with Crippen LogP contribution < -0.4 is 0 Å². The van der Waals surface area contributed by atoms with Gasteiger partial charge in [-0.05, 0) is 25.0 Å². The fourth-order valence-electron chi connectivity index (χ4n) is 1.44. The molecule has 2 rings (SSSR count). The van der Waals surface area contributed by atoms with E-state index < -0.39 is 10.1 Å². The first kappa shape index (κ1) is 12.8. The lowest BCUT2D eigenvalue weighted by Crippen LogP contribution is -2.08. The van der Waals surface area contributed by atoms with Gasteiger partial charge in [-0.25, -0.2) is 0 Å². The van der Waals surface area contributed by atoms with Crippen molar-refractivity contribution in [1.82, 2.24) is 5.16 Å². The maximum Gasteiger partial charge on any atom is 0.296 e. The maximum absolute atomic E-state index is 11.7. The number of aromatic nitrogens is 1.